The molecule has 4 aromatic carbocycles. The molecule has 2 atom stereocenters. The van der Waals surface area contributed by atoms with E-state index >= 15 is 0 Å². The fraction of sp³-hybridized carbons (Fsp3) is 0.444. The number of fused-ring (bicyclic) bond motifs is 2. The summed E-state index contributed by atoms with van der Waals surface area (Å²) in [5.41, 5.74) is 4.14. The molecular weight excluding hydrogens is 460 g/mol. The molecular formula is C36H42N2. The molecule has 2 saturated carbocycles. The van der Waals surface area contributed by atoms with Gasteiger partial charge in [-0.3, -0.25) is 0 Å². The number of hydrogen-bond acceptors (Lipinski definition) is 2. The summed E-state index contributed by atoms with van der Waals surface area (Å²) >= 11 is 0. The van der Waals surface area contributed by atoms with Crippen molar-refractivity contribution in [2.75, 3.05) is 26.2 Å². The van der Waals surface area contributed by atoms with Crippen LogP contribution >= 0.6 is 0 Å². The van der Waals surface area contributed by atoms with Crippen molar-refractivity contribution in [1.29, 1.82) is 0 Å². The maximum absolute atomic E-state index is 3.55. The van der Waals surface area contributed by atoms with E-state index in [4.69, 9.17) is 0 Å². The van der Waals surface area contributed by atoms with E-state index in [1.807, 2.05) is 0 Å². The highest BCUT2D eigenvalue weighted by Gasteiger charge is 2.47. The minimum atomic E-state index is 0.480. The second-order valence-corrected chi connectivity index (χ2v) is 12.5. The van der Waals surface area contributed by atoms with Crippen LogP contribution in [-0.4, -0.2) is 26.2 Å². The van der Waals surface area contributed by atoms with Gasteiger partial charge in [0.25, 0.3) is 0 Å². The molecule has 2 heteroatoms. The zero-order valence-electron chi connectivity index (χ0n) is 22.7. The van der Waals surface area contributed by atoms with Crippen molar-refractivity contribution in [1.82, 2.24) is 10.6 Å². The van der Waals surface area contributed by atoms with E-state index in [0.717, 1.165) is 11.8 Å². The maximum atomic E-state index is 3.55. The third-order valence-electron chi connectivity index (χ3n) is 10.8. The predicted octanol–water partition coefficient (Wildman–Crippen LogP) is 7.74. The summed E-state index contributed by atoms with van der Waals surface area (Å²) < 4.78 is 0. The zero-order valence-corrected chi connectivity index (χ0v) is 22.7. The summed E-state index contributed by atoms with van der Waals surface area (Å²) in [7, 11) is 0. The second-order valence-electron chi connectivity index (χ2n) is 12.5. The minimum Gasteiger partial charge on any atom is -0.316 e. The summed E-state index contributed by atoms with van der Waals surface area (Å²) in [5, 5.41) is 12.6. The Bertz CT molecular complexity index is 1290. The average molecular weight is 503 g/mol. The average Bonchev–Trinajstić information content (AvgIpc) is 3.64. The Balaban J connectivity index is 0.000000127. The monoisotopic (exact) mass is 502 g/mol. The normalized spacial score (nSPS) is 25.4. The van der Waals surface area contributed by atoms with Crippen LogP contribution in [0.2, 0.25) is 0 Å². The van der Waals surface area contributed by atoms with Crippen LogP contribution in [0.1, 0.15) is 62.5 Å². The first kappa shape index (κ1) is 24.4. The van der Waals surface area contributed by atoms with Gasteiger partial charge in [0.2, 0.25) is 0 Å². The SMILES string of the molecule is c1ccc2cc(C3(C4CCNC4)CCC3)ccc2c1.c1ccc2cc(C3(C4CCNC4)CCC3)ccc2c1. The van der Waals surface area contributed by atoms with E-state index in [1.54, 1.807) is 11.1 Å². The molecule has 4 fully saturated rings. The Morgan fingerprint density at radius 3 is 1.26 bits per heavy atom. The number of nitrogens with one attached hydrogen (secondary N) is 2. The Labute approximate surface area is 228 Å². The maximum Gasteiger partial charge on any atom is -0.000596 e. The zero-order chi connectivity index (χ0) is 25.4. The van der Waals surface area contributed by atoms with Gasteiger partial charge in [0, 0.05) is 0 Å². The third kappa shape index (κ3) is 4.17. The summed E-state index contributed by atoms with van der Waals surface area (Å²) in [6, 6.07) is 31.8. The highest BCUT2D eigenvalue weighted by Crippen LogP contribution is 2.52. The molecule has 2 saturated heterocycles. The van der Waals surface area contributed by atoms with Crippen LogP contribution < -0.4 is 10.6 Å². The lowest BCUT2D eigenvalue weighted by molar-refractivity contribution is 0.157. The molecule has 196 valence electrons. The van der Waals surface area contributed by atoms with E-state index < -0.39 is 0 Å². The molecule has 2 unspecified atom stereocenters. The highest BCUT2D eigenvalue weighted by molar-refractivity contribution is 5.84. The Morgan fingerprint density at radius 1 is 0.500 bits per heavy atom. The highest BCUT2D eigenvalue weighted by atomic mass is 14.9. The fourth-order valence-corrected chi connectivity index (χ4v) is 8.23. The van der Waals surface area contributed by atoms with Crippen LogP contribution in [0.25, 0.3) is 21.5 Å². The number of rotatable bonds is 4. The largest absolute Gasteiger partial charge is 0.316 e. The Hall–Kier alpha value is -2.68. The van der Waals surface area contributed by atoms with Gasteiger partial charge >= 0.3 is 0 Å². The predicted molar refractivity (Wildman–Crippen MR) is 161 cm³/mol. The molecule has 0 aromatic heterocycles. The van der Waals surface area contributed by atoms with Gasteiger partial charge in [-0.2, -0.15) is 0 Å². The van der Waals surface area contributed by atoms with Crippen molar-refractivity contribution < 1.29 is 0 Å². The van der Waals surface area contributed by atoms with Gasteiger partial charge in [-0.1, -0.05) is 97.8 Å². The molecule has 2 N–H and O–H groups in total. The minimum absolute atomic E-state index is 0.480. The molecule has 8 rings (SSSR count). The summed E-state index contributed by atoms with van der Waals surface area (Å²) in [6.45, 7) is 4.85. The molecule has 0 radical (unpaired) electrons. The van der Waals surface area contributed by atoms with Gasteiger partial charge in [0.1, 0.15) is 0 Å². The molecule has 2 aliphatic heterocycles. The van der Waals surface area contributed by atoms with Crippen LogP contribution in [-0.2, 0) is 10.8 Å². The first-order chi connectivity index (χ1) is 18.8. The van der Waals surface area contributed by atoms with E-state index in [9.17, 15) is 0 Å². The van der Waals surface area contributed by atoms with Crippen molar-refractivity contribution >= 4 is 21.5 Å². The van der Waals surface area contributed by atoms with Crippen LogP contribution in [0.5, 0.6) is 0 Å². The summed E-state index contributed by atoms with van der Waals surface area (Å²) in [5.74, 6) is 1.70. The fourth-order valence-electron chi connectivity index (χ4n) is 8.23. The van der Waals surface area contributed by atoms with Gasteiger partial charge in [-0.25, -0.2) is 0 Å². The molecule has 0 amide bonds. The molecule has 0 bridgehead atoms. The van der Waals surface area contributed by atoms with Crippen LogP contribution in [0.4, 0.5) is 0 Å². The van der Waals surface area contributed by atoms with Crippen molar-refractivity contribution in [3.8, 4) is 0 Å². The summed E-state index contributed by atoms with van der Waals surface area (Å²) in [4.78, 5) is 0. The quantitative estimate of drug-likeness (QED) is 0.298. The standard InChI is InChI=1S/2C18H21N/c2*1-2-5-15-12-16(7-6-14(15)4-1)18(9-3-10-18)17-8-11-19-13-17/h2*1-2,4-7,12,17,19H,3,8-11,13H2. The molecule has 4 aliphatic rings. The topological polar surface area (TPSA) is 24.1 Å². The Kier molecular flexibility index (Phi) is 6.50. The van der Waals surface area contributed by atoms with Gasteiger partial charge < -0.3 is 10.6 Å². The lowest BCUT2D eigenvalue weighted by Gasteiger charge is -2.47. The van der Waals surface area contributed by atoms with Gasteiger partial charge in [0.15, 0.2) is 0 Å². The van der Waals surface area contributed by atoms with Crippen LogP contribution in [0.3, 0.4) is 0 Å². The molecule has 0 spiro atoms. The molecule has 4 aromatic rings. The van der Waals surface area contributed by atoms with Gasteiger partial charge in [0.05, 0.1) is 0 Å². The van der Waals surface area contributed by atoms with Crippen LogP contribution in [0.15, 0.2) is 84.9 Å². The van der Waals surface area contributed by atoms with E-state index in [-0.39, 0.29) is 0 Å². The number of hydrogen-bond donors (Lipinski definition) is 2. The van der Waals surface area contributed by atoms with Crippen molar-refractivity contribution in [3.05, 3.63) is 96.1 Å². The number of benzene rings is 4. The van der Waals surface area contributed by atoms with Crippen molar-refractivity contribution in [2.45, 2.75) is 62.2 Å². The van der Waals surface area contributed by atoms with Gasteiger partial charge in [-0.05, 0) is 120 Å². The Morgan fingerprint density at radius 2 is 0.921 bits per heavy atom. The lowest BCUT2D eigenvalue weighted by Crippen LogP contribution is -2.42. The molecule has 2 aliphatic carbocycles. The summed E-state index contributed by atoms with van der Waals surface area (Å²) in [6.07, 6.45) is 11.1. The third-order valence-corrected chi connectivity index (χ3v) is 10.8. The molecule has 38 heavy (non-hydrogen) atoms. The first-order valence-electron chi connectivity index (χ1n) is 15.2. The lowest BCUT2D eigenvalue weighted by atomic mass is 9.57. The van der Waals surface area contributed by atoms with E-state index in [2.05, 4.69) is 95.6 Å². The smallest absolute Gasteiger partial charge is 0.000596 e. The van der Waals surface area contributed by atoms with Gasteiger partial charge in [-0.15, -0.1) is 0 Å². The first-order valence-corrected chi connectivity index (χ1v) is 15.2. The van der Waals surface area contributed by atoms with E-state index in [0.29, 0.717) is 10.8 Å². The molecule has 2 heterocycles. The second kappa shape index (κ2) is 10.1. The van der Waals surface area contributed by atoms with E-state index in [1.165, 1.54) is 99.1 Å². The van der Waals surface area contributed by atoms with Crippen molar-refractivity contribution in [3.63, 3.8) is 0 Å². The molecule has 2 nitrogen and oxygen atoms in total. The van der Waals surface area contributed by atoms with Crippen LogP contribution in [0, 0.1) is 11.8 Å². The van der Waals surface area contributed by atoms with Crippen molar-refractivity contribution in [2.24, 2.45) is 11.8 Å².